The number of fused-ring (bicyclic) bond motifs is 2. The van der Waals surface area contributed by atoms with Gasteiger partial charge in [0.25, 0.3) is 0 Å². The lowest BCUT2D eigenvalue weighted by molar-refractivity contribution is -0.286. The molecule has 2 aliphatic rings. The fourth-order valence-corrected chi connectivity index (χ4v) is 3.65. The molecule has 3 aromatic rings. The predicted octanol–water partition coefficient (Wildman–Crippen LogP) is 1.73. The lowest BCUT2D eigenvalue weighted by Crippen LogP contribution is -2.51. The normalized spacial score (nSPS) is 16.9. The van der Waals surface area contributed by atoms with Crippen LogP contribution in [-0.2, 0) is 9.59 Å². The molecule has 0 bridgehead atoms. The Balaban J connectivity index is 1.20. The molecule has 1 saturated heterocycles. The van der Waals surface area contributed by atoms with Crippen LogP contribution in [0.15, 0.2) is 45.6 Å². The van der Waals surface area contributed by atoms with Gasteiger partial charge in [0.05, 0.1) is 5.52 Å². The number of hydrogen-bond acceptors (Lipinski definition) is 7. The Morgan fingerprint density at radius 3 is 2.53 bits per heavy atom. The zero-order valence-electron chi connectivity index (χ0n) is 16.4. The van der Waals surface area contributed by atoms with Crippen molar-refractivity contribution in [1.82, 2.24) is 9.88 Å². The molecule has 0 spiro atoms. The number of rotatable bonds is 2. The van der Waals surface area contributed by atoms with Crippen molar-refractivity contribution in [2.75, 3.05) is 36.4 Å². The van der Waals surface area contributed by atoms with Crippen molar-refractivity contribution in [3.05, 3.63) is 46.9 Å². The molecule has 1 fully saturated rings. The summed E-state index contributed by atoms with van der Waals surface area (Å²) in [5, 5.41) is 2.50. The molecule has 5 rings (SSSR count). The Kier molecular flexibility index (Phi) is 4.50. The summed E-state index contributed by atoms with van der Waals surface area (Å²) in [6.45, 7) is 1.33. The number of benzene rings is 2. The first kappa shape index (κ1) is 19.8. The summed E-state index contributed by atoms with van der Waals surface area (Å²) >= 11 is 0. The fraction of sp³-hybridized carbons (Fsp3) is 0.250. The van der Waals surface area contributed by atoms with E-state index in [9.17, 15) is 23.2 Å². The van der Waals surface area contributed by atoms with Gasteiger partial charge in [-0.25, -0.2) is 4.79 Å². The van der Waals surface area contributed by atoms with Crippen LogP contribution in [0, 0.1) is 0 Å². The van der Waals surface area contributed by atoms with Crippen LogP contribution in [0.5, 0.6) is 11.5 Å². The molecule has 0 radical (unpaired) electrons. The molecule has 0 aliphatic carbocycles. The molecule has 2 N–H and O–H groups in total. The summed E-state index contributed by atoms with van der Waals surface area (Å²) in [4.78, 5) is 41.9. The van der Waals surface area contributed by atoms with Crippen molar-refractivity contribution >= 4 is 34.3 Å². The summed E-state index contributed by atoms with van der Waals surface area (Å²) in [5.74, 6) is -2.23. The van der Waals surface area contributed by atoms with Crippen LogP contribution in [0.4, 0.5) is 20.2 Å². The van der Waals surface area contributed by atoms with Gasteiger partial charge in [-0.05, 0) is 24.3 Å². The number of piperazine rings is 1. The monoisotopic (exact) mass is 446 g/mol. The van der Waals surface area contributed by atoms with Crippen molar-refractivity contribution < 1.29 is 32.3 Å². The number of hydrogen-bond donors (Lipinski definition) is 2. The van der Waals surface area contributed by atoms with Crippen LogP contribution in [0.3, 0.4) is 0 Å². The van der Waals surface area contributed by atoms with Crippen LogP contribution in [0.1, 0.15) is 0 Å². The van der Waals surface area contributed by atoms with E-state index in [2.05, 4.69) is 19.8 Å². The molecule has 2 amide bonds. The van der Waals surface area contributed by atoms with Gasteiger partial charge >= 0.3 is 23.9 Å². The molecular formula is C20H16F2N4O6. The number of nitrogens with zero attached hydrogens (tertiary/aromatic N) is 2. The maximum Gasteiger partial charge on any atom is 0.586 e. The number of anilines is 2. The number of oxazole rings is 1. The van der Waals surface area contributed by atoms with E-state index in [-0.39, 0.29) is 30.2 Å². The zero-order chi connectivity index (χ0) is 22.5. The highest BCUT2D eigenvalue weighted by atomic mass is 19.3. The number of amides is 2. The summed E-state index contributed by atoms with van der Waals surface area (Å²) in [7, 11) is 0. The third kappa shape index (κ3) is 3.70. The first-order valence-electron chi connectivity index (χ1n) is 9.65. The maximum absolute atomic E-state index is 13.2. The standard InChI is InChI=1S/C20H16F2N4O6/c21-20(22)31-14-4-2-12(10-16(14)32-20)25-5-7-26(8-6-25)18(28)17(27)23-11-1-3-13-15(9-11)30-19(29)24-13/h1-4,9-10H,5-8H2,(H,23,27)(H,24,29). The Bertz CT molecular complexity index is 1280. The highest BCUT2D eigenvalue weighted by Crippen LogP contribution is 2.42. The second-order valence-corrected chi connectivity index (χ2v) is 7.26. The average molecular weight is 446 g/mol. The van der Waals surface area contributed by atoms with E-state index >= 15 is 0 Å². The maximum atomic E-state index is 13.2. The van der Waals surface area contributed by atoms with Gasteiger partial charge in [0.1, 0.15) is 0 Å². The van der Waals surface area contributed by atoms with Crippen molar-refractivity contribution in [2.24, 2.45) is 0 Å². The first-order valence-corrected chi connectivity index (χ1v) is 9.65. The molecule has 10 nitrogen and oxygen atoms in total. The van der Waals surface area contributed by atoms with E-state index in [4.69, 9.17) is 4.42 Å². The molecule has 32 heavy (non-hydrogen) atoms. The SMILES string of the molecule is O=C(Nc1ccc2[nH]c(=O)oc2c1)C(=O)N1CCN(c2ccc3c(c2)OC(F)(F)O3)CC1. The van der Waals surface area contributed by atoms with E-state index in [0.717, 1.165) is 0 Å². The smallest absolute Gasteiger partial charge is 0.408 e. The number of H-pyrrole nitrogens is 1. The number of aromatic nitrogens is 1. The molecule has 2 aliphatic heterocycles. The van der Waals surface area contributed by atoms with Crippen molar-refractivity contribution in [3.8, 4) is 11.5 Å². The van der Waals surface area contributed by atoms with Crippen LogP contribution in [0.2, 0.25) is 0 Å². The van der Waals surface area contributed by atoms with E-state index < -0.39 is 23.9 Å². The third-order valence-electron chi connectivity index (χ3n) is 5.19. The molecule has 166 valence electrons. The summed E-state index contributed by atoms with van der Waals surface area (Å²) in [5.41, 5.74) is 1.69. The largest absolute Gasteiger partial charge is 0.586 e. The van der Waals surface area contributed by atoms with E-state index in [0.29, 0.717) is 30.0 Å². The molecule has 0 unspecified atom stereocenters. The van der Waals surface area contributed by atoms with Gasteiger partial charge in [-0.1, -0.05) is 0 Å². The Labute approximate surface area is 178 Å². The van der Waals surface area contributed by atoms with E-state index in [1.165, 1.54) is 23.1 Å². The van der Waals surface area contributed by atoms with Gasteiger partial charge in [-0.15, -0.1) is 8.78 Å². The lowest BCUT2D eigenvalue weighted by Gasteiger charge is -2.35. The van der Waals surface area contributed by atoms with Crippen LogP contribution in [0.25, 0.3) is 11.1 Å². The van der Waals surface area contributed by atoms with Crippen LogP contribution < -0.4 is 25.4 Å². The molecule has 0 saturated carbocycles. The van der Waals surface area contributed by atoms with Gasteiger partial charge in [-0.2, -0.15) is 0 Å². The number of halogens is 2. The second kappa shape index (κ2) is 7.25. The van der Waals surface area contributed by atoms with Gasteiger partial charge in [0, 0.05) is 49.7 Å². The molecule has 2 aromatic carbocycles. The van der Waals surface area contributed by atoms with E-state index in [1.807, 2.05) is 4.90 Å². The van der Waals surface area contributed by atoms with Crippen LogP contribution >= 0.6 is 0 Å². The van der Waals surface area contributed by atoms with Gasteiger partial charge in [0.15, 0.2) is 17.1 Å². The van der Waals surface area contributed by atoms with Crippen LogP contribution in [-0.4, -0.2) is 54.2 Å². The average Bonchev–Trinajstić information content (AvgIpc) is 3.28. The minimum Gasteiger partial charge on any atom is -0.408 e. The Hall–Kier alpha value is -4.09. The summed E-state index contributed by atoms with van der Waals surface area (Å²) in [6, 6.07) is 9.03. The molecule has 12 heteroatoms. The lowest BCUT2D eigenvalue weighted by atomic mass is 10.2. The Morgan fingerprint density at radius 2 is 1.75 bits per heavy atom. The predicted molar refractivity (Wildman–Crippen MR) is 107 cm³/mol. The number of ether oxygens (including phenoxy) is 2. The quantitative estimate of drug-likeness (QED) is 0.576. The minimum absolute atomic E-state index is 0.0404. The van der Waals surface area contributed by atoms with Gasteiger partial charge in [-0.3, -0.25) is 14.6 Å². The number of carbonyl (C=O) groups is 2. The Morgan fingerprint density at radius 1 is 1.00 bits per heavy atom. The summed E-state index contributed by atoms with van der Waals surface area (Å²) in [6.07, 6.45) is -3.68. The third-order valence-corrected chi connectivity index (χ3v) is 5.19. The van der Waals surface area contributed by atoms with Crippen molar-refractivity contribution in [1.29, 1.82) is 0 Å². The second-order valence-electron chi connectivity index (χ2n) is 7.26. The number of carbonyl (C=O) groups excluding carboxylic acids is 2. The topological polar surface area (TPSA) is 117 Å². The number of aromatic amines is 1. The van der Waals surface area contributed by atoms with E-state index in [1.54, 1.807) is 18.2 Å². The fourth-order valence-electron chi connectivity index (χ4n) is 3.65. The molecule has 1 aromatic heterocycles. The summed E-state index contributed by atoms with van der Waals surface area (Å²) < 4.78 is 40.2. The van der Waals surface area contributed by atoms with Crippen molar-refractivity contribution in [2.45, 2.75) is 6.29 Å². The molecule has 3 heterocycles. The molecule has 0 atom stereocenters. The minimum atomic E-state index is -3.68. The zero-order valence-corrected chi connectivity index (χ0v) is 16.4. The first-order chi connectivity index (χ1) is 15.3. The van der Waals surface area contributed by atoms with Crippen molar-refractivity contribution in [3.63, 3.8) is 0 Å². The van der Waals surface area contributed by atoms with Gasteiger partial charge in [0.2, 0.25) is 0 Å². The molecular weight excluding hydrogens is 430 g/mol. The highest BCUT2D eigenvalue weighted by molar-refractivity contribution is 6.39. The number of alkyl halides is 2. The highest BCUT2D eigenvalue weighted by Gasteiger charge is 2.43. The van der Waals surface area contributed by atoms with Gasteiger partial charge < -0.3 is 29.0 Å². The number of nitrogens with one attached hydrogen (secondary N) is 2.